The molecule has 0 unspecified atom stereocenters. The summed E-state index contributed by atoms with van der Waals surface area (Å²) >= 11 is 0. The summed E-state index contributed by atoms with van der Waals surface area (Å²) in [5.74, 6) is 0.639. The number of amides is 1. The number of nitrogens with zero attached hydrogens (tertiary/aromatic N) is 2. The summed E-state index contributed by atoms with van der Waals surface area (Å²) < 4.78 is 0. The van der Waals surface area contributed by atoms with Gasteiger partial charge in [0.05, 0.1) is 0 Å². The number of carbonyl (C=O) groups excluding carboxylic acids is 1. The van der Waals surface area contributed by atoms with Gasteiger partial charge in [-0.1, -0.05) is 13.3 Å². The van der Waals surface area contributed by atoms with Crippen LogP contribution in [0.3, 0.4) is 0 Å². The van der Waals surface area contributed by atoms with E-state index in [-0.39, 0.29) is 5.92 Å². The van der Waals surface area contributed by atoms with E-state index < -0.39 is 0 Å². The van der Waals surface area contributed by atoms with Crippen LogP contribution in [0.4, 0.5) is 0 Å². The lowest BCUT2D eigenvalue weighted by molar-refractivity contribution is -0.135. The first kappa shape index (κ1) is 12.5. The van der Waals surface area contributed by atoms with Crippen LogP contribution in [-0.4, -0.2) is 49.4 Å². The Bertz CT molecular complexity index is 198. The van der Waals surface area contributed by atoms with Gasteiger partial charge in [-0.15, -0.1) is 0 Å². The van der Waals surface area contributed by atoms with Crippen LogP contribution in [0.5, 0.6) is 0 Å². The molecular weight excluding hydrogens is 188 g/mol. The van der Waals surface area contributed by atoms with Gasteiger partial charge in [-0.3, -0.25) is 4.79 Å². The predicted molar refractivity (Wildman–Crippen MR) is 62.8 cm³/mol. The Kier molecular flexibility index (Phi) is 5.09. The second-order valence-corrected chi connectivity index (χ2v) is 4.69. The first-order valence-corrected chi connectivity index (χ1v) is 6.08. The van der Waals surface area contributed by atoms with Gasteiger partial charge < -0.3 is 9.80 Å². The highest BCUT2D eigenvalue weighted by atomic mass is 16.2. The molecule has 1 aliphatic rings. The highest BCUT2D eigenvalue weighted by molar-refractivity contribution is 5.78. The molecule has 0 N–H and O–H groups in total. The quantitative estimate of drug-likeness (QED) is 0.706. The van der Waals surface area contributed by atoms with Crippen LogP contribution in [0.25, 0.3) is 0 Å². The molecule has 0 saturated carbocycles. The van der Waals surface area contributed by atoms with Gasteiger partial charge in [0.15, 0.2) is 0 Å². The van der Waals surface area contributed by atoms with Gasteiger partial charge in [0.1, 0.15) is 0 Å². The summed E-state index contributed by atoms with van der Waals surface area (Å²) in [5.41, 5.74) is 0. The maximum atomic E-state index is 12.0. The molecule has 1 aliphatic heterocycles. The summed E-state index contributed by atoms with van der Waals surface area (Å²) in [5, 5.41) is 0. The van der Waals surface area contributed by atoms with Gasteiger partial charge in [-0.25, -0.2) is 0 Å². The molecule has 3 nitrogen and oxygen atoms in total. The van der Waals surface area contributed by atoms with Crippen LogP contribution in [-0.2, 0) is 4.79 Å². The molecule has 15 heavy (non-hydrogen) atoms. The Labute approximate surface area is 93.4 Å². The maximum Gasteiger partial charge on any atom is 0.225 e. The van der Waals surface area contributed by atoms with Crippen LogP contribution in [0, 0.1) is 5.92 Å². The van der Waals surface area contributed by atoms with Gasteiger partial charge in [0.25, 0.3) is 0 Å². The Morgan fingerprint density at radius 1 is 1.40 bits per heavy atom. The fourth-order valence-corrected chi connectivity index (χ4v) is 2.07. The molecule has 0 aromatic rings. The lowest BCUT2D eigenvalue weighted by Crippen LogP contribution is -2.40. The fourth-order valence-electron chi connectivity index (χ4n) is 2.07. The number of hydrogen-bond acceptors (Lipinski definition) is 2. The molecule has 0 aromatic heterocycles. The molecule has 1 heterocycles. The van der Waals surface area contributed by atoms with Gasteiger partial charge in [-0.05, 0) is 39.4 Å². The number of unbranched alkanes of at least 4 members (excludes halogenated alkanes) is 1. The van der Waals surface area contributed by atoms with Crippen LogP contribution < -0.4 is 0 Å². The van der Waals surface area contributed by atoms with E-state index in [2.05, 4.69) is 18.9 Å². The van der Waals surface area contributed by atoms with E-state index in [0.717, 1.165) is 45.3 Å². The molecule has 1 saturated heterocycles. The first-order valence-electron chi connectivity index (χ1n) is 6.08. The monoisotopic (exact) mass is 212 g/mol. The Hall–Kier alpha value is -0.570. The van der Waals surface area contributed by atoms with E-state index in [1.807, 2.05) is 11.9 Å². The van der Waals surface area contributed by atoms with E-state index in [9.17, 15) is 4.79 Å². The van der Waals surface area contributed by atoms with Crippen molar-refractivity contribution >= 4 is 5.91 Å². The minimum Gasteiger partial charge on any atom is -0.346 e. The lowest BCUT2D eigenvalue weighted by Gasteiger charge is -2.30. The van der Waals surface area contributed by atoms with Crippen molar-refractivity contribution in [3.05, 3.63) is 0 Å². The summed E-state index contributed by atoms with van der Waals surface area (Å²) in [6.07, 6.45) is 4.34. The molecule has 3 heteroatoms. The normalized spacial score (nSPS) is 19.1. The molecule has 88 valence electrons. The largest absolute Gasteiger partial charge is 0.346 e. The van der Waals surface area contributed by atoms with Crippen molar-refractivity contribution in [3.63, 3.8) is 0 Å². The zero-order chi connectivity index (χ0) is 11.3. The molecule has 0 atom stereocenters. The smallest absolute Gasteiger partial charge is 0.225 e. The van der Waals surface area contributed by atoms with Crippen molar-refractivity contribution < 1.29 is 4.79 Å². The first-order chi connectivity index (χ1) is 7.15. The maximum absolute atomic E-state index is 12.0. The highest BCUT2D eigenvalue weighted by Gasteiger charge is 2.25. The van der Waals surface area contributed by atoms with Crippen molar-refractivity contribution in [2.75, 3.05) is 33.7 Å². The summed E-state index contributed by atoms with van der Waals surface area (Å²) in [6, 6.07) is 0. The number of likely N-dealkylation sites (tertiary alicyclic amines) is 1. The molecule has 1 rings (SSSR count). The molecule has 1 fully saturated rings. The number of carbonyl (C=O) groups is 1. The second kappa shape index (κ2) is 6.11. The van der Waals surface area contributed by atoms with E-state index in [4.69, 9.17) is 0 Å². The Morgan fingerprint density at radius 3 is 2.53 bits per heavy atom. The number of piperidine rings is 1. The SMILES string of the molecule is CCCCN(C)C(=O)C1CCN(C)CC1. The third kappa shape index (κ3) is 3.82. The summed E-state index contributed by atoms with van der Waals surface area (Å²) in [7, 11) is 4.07. The second-order valence-electron chi connectivity index (χ2n) is 4.69. The van der Waals surface area contributed by atoms with Crippen LogP contribution >= 0.6 is 0 Å². The van der Waals surface area contributed by atoms with Gasteiger partial charge in [0, 0.05) is 19.5 Å². The average molecular weight is 212 g/mol. The van der Waals surface area contributed by atoms with Crippen molar-refractivity contribution in [2.24, 2.45) is 5.92 Å². The van der Waals surface area contributed by atoms with Crippen LogP contribution in [0.1, 0.15) is 32.6 Å². The molecule has 0 aliphatic carbocycles. The Morgan fingerprint density at radius 2 is 2.00 bits per heavy atom. The van der Waals surface area contributed by atoms with E-state index in [0.29, 0.717) is 5.91 Å². The summed E-state index contributed by atoms with van der Waals surface area (Å²) in [6.45, 7) is 5.21. The van der Waals surface area contributed by atoms with Crippen molar-refractivity contribution in [1.82, 2.24) is 9.80 Å². The zero-order valence-electron chi connectivity index (χ0n) is 10.3. The highest BCUT2D eigenvalue weighted by Crippen LogP contribution is 2.18. The zero-order valence-corrected chi connectivity index (χ0v) is 10.3. The molecular formula is C12H24N2O. The lowest BCUT2D eigenvalue weighted by atomic mass is 9.96. The third-order valence-electron chi connectivity index (χ3n) is 3.29. The predicted octanol–water partition coefficient (Wildman–Crippen LogP) is 1.59. The minimum atomic E-state index is 0.281. The van der Waals surface area contributed by atoms with E-state index in [1.165, 1.54) is 0 Å². The van der Waals surface area contributed by atoms with Crippen molar-refractivity contribution in [3.8, 4) is 0 Å². The van der Waals surface area contributed by atoms with Gasteiger partial charge >= 0.3 is 0 Å². The van der Waals surface area contributed by atoms with Crippen molar-refractivity contribution in [1.29, 1.82) is 0 Å². The average Bonchev–Trinajstić information content (AvgIpc) is 2.26. The molecule has 1 amide bonds. The van der Waals surface area contributed by atoms with E-state index in [1.54, 1.807) is 0 Å². The molecule has 0 radical (unpaired) electrons. The van der Waals surface area contributed by atoms with Crippen LogP contribution in [0.2, 0.25) is 0 Å². The Balaban J connectivity index is 2.32. The number of rotatable bonds is 4. The standard InChI is InChI=1S/C12H24N2O/c1-4-5-8-14(3)12(15)11-6-9-13(2)10-7-11/h11H,4-10H2,1-3H3. The number of hydrogen-bond donors (Lipinski definition) is 0. The van der Waals surface area contributed by atoms with Gasteiger partial charge in [0.2, 0.25) is 5.91 Å². The topological polar surface area (TPSA) is 23.6 Å². The third-order valence-corrected chi connectivity index (χ3v) is 3.29. The van der Waals surface area contributed by atoms with Crippen molar-refractivity contribution in [2.45, 2.75) is 32.6 Å². The van der Waals surface area contributed by atoms with Crippen LogP contribution in [0.15, 0.2) is 0 Å². The van der Waals surface area contributed by atoms with E-state index >= 15 is 0 Å². The van der Waals surface area contributed by atoms with Gasteiger partial charge in [-0.2, -0.15) is 0 Å². The summed E-state index contributed by atoms with van der Waals surface area (Å²) in [4.78, 5) is 16.2. The molecule has 0 spiro atoms. The fraction of sp³-hybridized carbons (Fsp3) is 0.917. The molecule has 0 aromatic carbocycles. The minimum absolute atomic E-state index is 0.281. The molecule has 0 bridgehead atoms.